The highest BCUT2D eigenvalue weighted by atomic mass is 32.2. The summed E-state index contributed by atoms with van der Waals surface area (Å²) in [4.78, 5) is 3.99. The summed E-state index contributed by atoms with van der Waals surface area (Å²) in [5, 5.41) is 0.751. The molecule has 2 rings (SSSR count). The minimum Gasteiger partial charge on any atom is -0.369 e. The molecular weight excluding hydrogens is 170 g/mol. The molecule has 0 amide bonds. The SMILES string of the molecule is Nc1nccn1CC1CCCS1. The van der Waals surface area contributed by atoms with E-state index in [-0.39, 0.29) is 0 Å². The normalized spacial score (nSPS) is 23.2. The largest absolute Gasteiger partial charge is 0.369 e. The van der Waals surface area contributed by atoms with Gasteiger partial charge in [0.1, 0.15) is 0 Å². The van der Waals surface area contributed by atoms with Gasteiger partial charge in [0.05, 0.1) is 0 Å². The Labute approximate surface area is 76.4 Å². The molecule has 4 heteroatoms. The number of thioether (sulfide) groups is 1. The molecule has 0 radical (unpaired) electrons. The molecule has 0 bridgehead atoms. The number of hydrogen-bond acceptors (Lipinski definition) is 3. The van der Waals surface area contributed by atoms with Crippen LogP contribution in [0, 0.1) is 0 Å². The summed E-state index contributed by atoms with van der Waals surface area (Å²) in [6, 6.07) is 0. The summed E-state index contributed by atoms with van der Waals surface area (Å²) in [7, 11) is 0. The van der Waals surface area contributed by atoms with E-state index in [0.717, 1.165) is 11.8 Å². The van der Waals surface area contributed by atoms with Gasteiger partial charge < -0.3 is 10.3 Å². The quantitative estimate of drug-likeness (QED) is 0.753. The number of anilines is 1. The molecule has 2 N–H and O–H groups in total. The third-order valence-corrected chi connectivity index (χ3v) is 3.55. The number of nitrogen functional groups attached to an aromatic ring is 1. The third-order valence-electron chi connectivity index (χ3n) is 2.17. The zero-order valence-corrected chi connectivity index (χ0v) is 7.76. The zero-order valence-electron chi connectivity index (χ0n) is 6.94. The van der Waals surface area contributed by atoms with Crippen LogP contribution in [0.3, 0.4) is 0 Å². The van der Waals surface area contributed by atoms with Crippen LogP contribution in [0.1, 0.15) is 12.8 Å². The molecule has 3 nitrogen and oxygen atoms in total. The van der Waals surface area contributed by atoms with Gasteiger partial charge in [-0.3, -0.25) is 0 Å². The van der Waals surface area contributed by atoms with Gasteiger partial charge >= 0.3 is 0 Å². The van der Waals surface area contributed by atoms with Crippen LogP contribution in [-0.4, -0.2) is 20.6 Å². The Hall–Kier alpha value is -0.640. The van der Waals surface area contributed by atoms with Crippen molar-refractivity contribution < 1.29 is 0 Å². The maximum absolute atomic E-state index is 5.66. The van der Waals surface area contributed by atoms with E-state index in [1.807, 2.05) is 22.5 Å². The summed E-state index contributed by atoms with van der Waals surface area (Å²) in [6.45, 7) is 1.02. The van der Waals surface area contributed by atoms with Crippen molar-refractivity contribution in [1.29, 1.82) is 0 Å². The molecule has 1 unspecified atom stereocenters. The molecule has 1 fully saturated rings. The Kier molecular flexibility index (Phi) is 2.26. The van der Waals surface area contributed by atoms with Gasteiger partial charge in [0, 0.05) is 24.2 Å². The first-order valence-corrected chi connectivity index (χ1v) is 5.29. The minimum absolute atomic E-state index is 0.641. The van der Waals surface area contributed by atoms with E-state index in [9.17, 15) is 0 Å². The van der Waals surface area contributed by atoms with Crippen molar-refractivity contribution in [2.45, 2.75) is 24.6 Å². The van der Waals surface area contributed by atoms with E-state index in [1.165, 1.54) is 18.6 Å². The monoisotopic (exact) mass is 183 g/mol. The molecule has 0 saturated carbocycles. The molecule has 66 valence electrons. The smallest absolute Gasteiger partial charge is 0.200 e. The molecule has 1 aliphatic rings. The van der Waals surface area contributed by atoms with Crippen LogP contribution in [0.4, 0.5) is 5.95 Å². The maximum atomic E-state index is 5.66. The van der Waals surface area contributed by atoms with Crippen LogP contribution in [0.15, 0.2) is 12.4 Å². The Bertz CT molecular complexity index is 253. The van der Waals surface area contributed by atoms with Crippen molar-refractivity contribution >= 4 is 17.7 Å². The fourth-order valence-corrected chi connectivity index (χ4v) is 2.77. The molecule has 1 aromatic heterocycles. The lowest BCUT2D eigenvalue weighted by atomic mass is 10.2. The predicted octanol–water partition coefficient (Wildman–Crippen LogP) is 1.36. The van der Waals surface area contributed by atoms with Gasteiger partial charge in [-0.05, 0) is 18.6 Å². The average Bonchev–Trinajstić information content (AvgIpc) is 2.65. The van der Waals surface area contributed by atoms with Crippen LogP contribution >= 0.6 is 11.8 Å². The standard InChI is InChI=1S/C8H13N3S/c9-8-10-3-4-11(8)6-7-2-1-5-12-7/h3-4,7H,1-2,5-6H2,(H2,9,10). The van der Waals surface area contributed by atoms with Crippen molar-refractivity contribution in [3.63, 3.8) is 0 Å². The molecular formula is C8H13N3S. The van der Waals surface area contributed by atoms with Gasteiger partial charge in [-0.1, -0.05) is 0 Å². The third kappa shape index (κ3) is 1.58. The first kappa shape index (κ1) is 7.98. The second-order valence-electron chi connectivity index (χ2n) is 3.07. The van der Waals surface area contributed by atoms with Gasteiger partial charge in [0.15, 0.2) is 5.95 Å². The molecule has 1 aliphatic heterocycles. The summed E-state index contributed by atoms with van der Waals surface area (Å²) in [5.41, 5.74) is 5.66. The van der Waals surface area contributed by atoms with Crippen LogP contribution in [0.2, 0.25) is 0 Å². The number of hydrogen-bond donors (Lipinski definition) is 1. The fourth-order valence-electron chi connectivity index (χ4n) is 1.50. The highest BCUT2D eigenvalue weighted by molar-refractivity contribution is 8.00. The Balaban J connectivity index is 1.98. The summed E-state index contributed by atoms with van der Waals surface area (Å²) in [5.74, 6) is 1.95. The topological polar surface area (TPSA) is 43.8 Å². The average molecular weight is 183 g/mol. The van der Waals surface area contributed by atoms with Crippen molar-refractivity contribution in [2.24, 2.45) is 0 Å². The van der Waals surface area contributed by atoms with Crippen LogP contribution in [0.25, 0.3) is 0 Å². The highest BCUT2D eigenvalue weighted by Crippen LogP contribution is 2.27. The van der Waals surface area contributed by atoms with Crippen LogP contribution in [-0.2, 0) is 6.54 Å². The van der Waals surface area contributed by atoms with Gasteiger partial charge in [0.25, 0.3) is 0 Å². The molecule has 0 spiro atoms. The molecule has 1 atom stereocenters. The Morgan fingerprint density at radius 3 is 3.25 bits per heavy atom. The van der Waals surface area contributed by atoms with Crippen LogP contribution < -0.4 is 5.73 Å². The predicted molar refractivity (Wildman–Crippen MR) is 52.1 cm³/mol. The second-order valence-corrected chi connectivity index (χ2v) is 4.48. The summed E-state index contributed by atoms with van der Waals surface area (Å²) >= 11 is 2.05. The van der Waals surface area contributed by atoms with Crippen molar-refractivity contribution in [3.05, 3.63) is 12.4 Å². The molecule has 2 heterocycles. The number of aromatic nitrogens is 2. The summed E-state index contributed by atoms with van der Waals surface area (Å²) < 4.78 is 2.03. The number of nitrogens with two attached hydrogens (primary N) is 1. The van der Waals surface area contributed by atoms with E-state index >= 15 is 0 Å². The lowest BCUT2D eigenvalue weighted by Gasteiger charge is -2.09. The van der Waals surface area contributed by atoms with Gasteiger partial charge in [-0.25, -0.2) is 4.98 Å². The van der Waals surface area contributed by atoms with Gasteiger partial charge in [0.2, 0.25) is 0 Å². The molecule has 1 aromatic rings. The minimum atomic E-state index is 0.641. The Morgan fingerprint density at radius 1 is 1.75 bits per heavy atom. The number of nitrogens with zero attached hydrogens (tertiary/aromatic N) is 2. The van der Waals surface area contributed by atoms with E-state index in [1.54, 1.807) is 6.20 Å². The lowest BCUT2D eigenvalue weighted by molar-refractivity contribution is 0.645. The van der Waals surface area contributed by atoms with E-state index in [0.29, 0.717) is 5.95 Å². The van der Waals surface area contributed by atoms with E-state index in [2.05, 4.69) is 4.98 Å². The lowest BCUT2D eigenvalue weighted by Crippen LogP contribution is -2.11. The second kappa shape index (κ2) is 3.39. The van der Waals surface area contributed by atoms with Gasteiger partial charge in [-0.2, -0.15) is 11.8 Å². The first-order valence-electron chi connectivity index (χ1n) is 4.24. The van der Waals surface area contributed by atoms with Crippen molar-refractivity contribution in [2.75, 3.05) is 11.5 Å². The maximum Gasteiger partial charge on any atom is 0.200 e. The molecule has 1 saturated heterocycles. The highest BCUT2D eigenvalue weighted by Gasteiger charge is 2.16. The first-order chi connectivity index (χ1) is 5.86. The molecule has 0 aromatic carbocycles. The van der Waals surface area contributed by atoms with Gasteiger partial charge in [-0.15, -0.1) is 0 Å². The number of rotatable bonds is 2. The van der Waals surface area contributed by atoms with Crippen LogP contribution in [0.5, 0.6) is 0 Å². The molecule has 0 aliphatic carbocycles. The van der Waals surface area contributed by atoms with E-state index < -0.39 is 0 Å². The van der Waals surface area contributed by atoms with E-state index in [4.69, 9.17) is 5.73 Å². The van der Waals surface area contributed by atoms with Crippen molar-refractivity contribution in [1.82, 2.24) is 9.55 Å². The summed E-state index contributed by atoms with van der Waals surface area (Å²) in [6.07, 6.45) is 6.38. The van der Waals surface area contributed by atoms with Crippen molar-refractivity contribution in [3.8, 4) is 0 Å². The molecule has 12 heavy (non-hydrogen) atoms. The fraction of sp³-hybridized carbons (Fsp3) is 0.625. The zero-order chi connectivity index (χ0) is 8.39. The Morgan fingerprint density at radius 2 is 2.67 bits per heavy atom. The number of imidazole rings is 1.